The van der Waals surface area contributed by atoms with Gasteiger partial charge in [-0.05, 0) is 26.0 Å². The fraction of sp³-hybridized carbons (Fsp3) is 0.316. The Hall–Kier alpha value is -2.21. The molecule has 0 amide bonds. The molecule has 0 bridgehead atoms. The van der Waals surface area contributed by atoms with Crippen molar-refractivity contribution >= 4 is 27.5 Å². The third-order valence-electron chi connectivity index (χ3n) is 3.83. The van der Waals surface area contributed by atoms with Gasteiger partial charge in [0.05, 0.1) is 19.2 Å². The number of carbonyl (C=O) groups excluding carboxylic acids is 1. The molecule has 3 aromatic rings. The Morgan fingerprint density at radius 3 is 2.60 bits per heavy atom. The number of carbonyl (C=O) groups is 1. The van der Waals surface area contributed by atoms with Crippen LogP contribution in [0.2, 0.25) is 0 Å². The number of methoxy groups -OCH3 is 1. The monoisotopic (exact) mass is 403 g/mol. The molecule has 0 saturated carbocycles. The molecule has 5 nitrogen and oxygen atoms in total. The molecule has 3 rings (SSSR count). The van der Waals surface area contributed by atoms with Gasteiger partial charge in [-0.25, -0.2) is 9.50 Å². The smallest absolute Gasteiger partial charge is 0.310 e. The summed E-state index contributed by atoms with van der Waals surface area (Å²) in [5.41, 5.74) is 5.20. The van der Waals surface area contributed by atoms with Gasteiger partial charge in [-0.1, -0.05) is 41.9 Å². The zero-order valence-electron chi connectivity index (χ0n) is 15.1. The molecule has 25 heavy (non-hydrogen) atoms. The maximum Gasteiger partial charge on any atom is 0.310 e. The minimum absolute atomic E-state index is 0.198. The largest absolute Gasteiger partial charge is 0.469 e. The summed E-state index contributed by atoms with van der Waals surface area (Å²) in [5.74, 6) is -0.281. The zero-order valence-corrected chi connectivity index (χ0v) is 16.7. The van der Waals surface area contributed by atoms with Gasteiger partial charge in [0.25, 0.3) is 0 Å². The van der Waals surface area contributed by atoms with E-state index in [1.165, 1.54) is 7.11 Å². The van der Waals surface area contributed by atoms with Gasteiger partial charge in [0.15, 0.2) is 5.65 Å². The standard InChI is InChI=1S/C17H16BrN3O2.C2H6/c1-10-14(8-17(22)23-3)11(2)21-16(19-10)9-15(20-21)12-5-4-6-13(18)7-12;1-2/h4-7,9H,8H2,1-3H3;1-2H3. The minimum Gasteiger partial charge on any atom is -0.469 e. The Kier molecular flexibility index (Phi) is 6.31. The predicted molar refractivity (Wildman–Crippen MR) is 103 cm³/mol. The van der Waals surface area contributed by atoms with Crippen molar-refractivity contribution in [2.24, 2.45) is 0 Å². The molecule has 0 saturated heterocycles. The van der Waals surface area contributed by atoms with Crippen LogP contribution in [0.4, 0.5) is 0 Å². The molecule has 0 fully saturated rings. The van der Waals surface area contributed by atoms with Gasteiger partial charge >= 0.3 is 5.97 Å². The number of fused-ring (bicyclic) bond motifs is 1. The fourth-order valence-electron chi connectivity index (χ4n) is 2.59. The van der Waals surface area contributed by atoms with Crippen LogP contribution in [-0.4, -0.2) is 27.7 Å². The molecule has 0 aliphatic rings. The summed E-state index contributed by atoms with van der Waals surface area (Å²) in [6.45, 7) is 7.84. The van der Waals surface area contributed by atoms with Crippen LogP contribution in [0.15, 0.2) is 34.8 Å². The average Bonchev–Trinajstić information content (AvgIpc) is 3.04. The number of halogens is 1. The number of hydrogen-bond donors (Lipinski definition) is 0. The van der Waals surface area contributed by atoms with Crippen molar-refractivity contribution in [2.75, 3.05) is 7.11 Å². The van der Waals surface area contributed by atoms with E-state index in [9.17, 15) is 4.79 Å². The number of aromatic nitrogens is 3. The summed E-state index contributed by atoms with van der Waals surface area (Å²) in [6, 6.07) is 9.91. The number of aryl methyl sites for hydroxylation is 2. The SMILES string of the molecule is CC.COC(=O)Cc1c(C)nc2cc(-c3cccc(Br)c3)nn2c1C. The summed E-state index contributed by atoms with van der Waals surface area (Å²) in [6.07, 6.45) is 0.198. The van der Waals surface area contributed by atoms with Crippen molar-refractivity contribution in [3.63, 3.8) is 0 Å². The lowest BCUT2D eigenvalue weighted by molar-refractivity contribution is -0.139. The van der Waals surface area contributed by atoms with Crippen LogP contribution in [-0.2, 0) is 16.0 Å². The number of nitrogens with zero attached hydrogens (tertiary/aromatic N) is 3. The first-order valence-electron chi connectivity index (χ1n) is 8.18. The topological polar surface area (TPSA) is 56.5 Å². The van der Waals surface area contributed by atoms with E-state index in [-0.39, 0.29) is 12.4 Å². The van der Waals surface area contributed by atoms with Crippen LogP contribution < -0.4 is 0 Å². The molecule has 2 aromatic heterocycles. The lowest BCUT2D eigenvalue weighted by Crippen LogP contribution is -2.11. The maximum absolute atomic E-state index is 11.6. The number of rotatable bonds is 3. The molecule has 132 valence electrons. The molecule has 0 N–H and O–H groups in total. The lowest BCUT2D eigenvalue weighted by atomic mass is 10.1. The third-order valence-corrected chi connectivity index (χ3v) is 4.33. The third kappa shape index (κ3) is 4.07. The summed E-state index contributed by atoms with van der Waals surface area (Å²) >= 11 is 3.47. The highest BCUT2D eigenvalue weighted by Crippen LogP contribution is 2.24. The Bertz CT molecular complexity index is 903. The number of hydrogen-bond acceptors (Lipinski definition) is 4. The Morgan fingerprint density at radius 2 is 1.96 bits per heavy atom. The van der Waals surface area contributed by atoms with Gasteiger partial charge in [0.2, 0.25) is 0 Å². The van der Waals surface area contributed by atoms with Crippen LogP contribution in [0.25, 0.3) is 16.9 Å². The van der Waals surface area contributed by atoms with Gasteiger partial charge in [-0.3, -0.25) is 4.79 Å². The van der Waals surface area contributed by atoms with Crippen LogP contribution in [0.1, 0.15) is 30.8 Å². The zero-order chi connectivity index (χ0) is 18.6. The van der Waals surface area contributed by atoms with Crippen LogP contribution >= 0.6 is 15.9 Å². The predicted octanol–water partition coefficient (Wildman–Crippen LogP) is 4.52. The van der Waals surface area contributed by atoms with Crippen molar-refractivity contribution in [3.05, 3.63) is 51.8 Å². The van der Waals surface area contributed by atoms with Gasteiger partial charge in [0.1, 0.15) is 0 Å². The Labute approximate surface area is 156 Å². The number of ether oxygens (including phenoxy) is 1. The molecule has 0 atom stereocenters. The summed E-state index contributed by atoms with van der Waals surface area (Å²) < 4.78 is 7.54. The molecule has 6 heteroatoms. The summed E-state index contributed by atoms with van der Waals surface area (Å²) in [4.78, 5) is 16.2. The first kappa shape index (κ1) is 19.1. The van der Waals surface area contributed by atoms with Gasteiger partial charge in [-0.15, -0.1) is 0 Å². The van der Waals surface area contributed by atoms with E-state index >= 15 is 0 Å². The molecule has 0 unspecified atom stereocenters. The first-order chi connectivity index (χ1) is 12.0. The van der Waals surface area contributed by atoms with E-state index in [1.807, 2.05) is 58.0 Å². The lowest BCUT2D eigenvalue weighted by Gasteiger charge is -2.09. The number of esters is 1. The van der Waals surface area contributed by atoms with Crippen molar-refractivity contribution in [3.8, 4) is 11.3 Å². The highest BCUT2D eigenvalue weighted by molar-refractivity contribution is 9.10. The molecular formula is C19H22BrN3O2. The molecule has 0 aliphatic carbocycles. The minimum atomic E-state index is -0.281. The van der Waals surface area contributed by atoms with Crippen LogP contribution in [0.5, 0.6) is 0 Å². The highest BCUT2D eigenvalue weighted by atomic mass is 79.9. The van der Waals surface area contributed by atoms with Gasteiger partial charge < -0.3 is 4.74 Å². The van der Waals surface area contributed by atoms with E-state index in [0.29, 0.717) is 0 Å². The molecular weight excluding hydrogens is 382 g/mol. The Balaban J connectivity index is 0.00000109. The highest BCUT2D eigenvalue weighted by Gasteiger charge is 2.15. The van der Waals surface area contributed by atoms with E-state index < -0.39 is 0 Å². The van der Waals surface area contributed by atoms with Crippen LogP contribution in [0.3, 0.4) is 0 Å². The summed E-state index contributed by atoms with van der Waals surface area (Å²) in [7, 11) is 1.39. The second-order valence-corrected chi connectivity index (χ2v) is 6.24. The van der Waals surface area contributed by atoms with E-state index in [1.54, 1.807) is 4.52 Å². The van der Waals surface area contributed by atoms with Crippen molar-refractivity contribution in [1.29, 1.82) is 0 Å². The molecule has 1 aromatic carbocycles. The maximum atomic E-state index is 11.6. The van der Waals surface area contributed by atoms with E-state index in [4.69, 9.17) is 4.74 Å². The second kappa shape index (κ2) is 8.25. The first-order valence-corrected chi connectivity index (χ1v) is 8.97. The molecule has 0 spiro atoms. The average molecular weight is 404 g/mol. The fourth-order valence-corrected chi connectivity index (χ4v) is 2.99. The quantitative estimate of drug-likeness (QED) is 0.603. The van der Waals surface area contributed by atoms with E-state index in [0.717, 1.165) is 38.3 Å². The van der Waals surface area contributed by atoms with Crippen LogP contribution in [0, 0.1) is 13.8 Å². The molecule has 0 aliphatic heterocycles. The van der Waals surface area contributed by atoms with Crippen molar-refractivity contribution < 1.29 is 9.53 Å². The normalized spacial score (nSPS) is 10.3. The second-order valence-electron chi connectivity index (χ2n) is 5.32. The summed E-state index contributed by atoms with van der Waals surface area (Å²) in [5, 5.41) is 4.64. The van der Waals surface area contributed by atoms with Crippen molar-refractivity contribution in [2.45, 2.75) is 34.1 Å². The van der Waals surface area contributed by atoms with E-state index in [2.05, 4.69) is 26.0 Å². The van der Waals surface area contributed by atoms with Crippen molar-refractivity contribution in [1.82, 2.24) is 14.6 Å². The number of benzene rings is 1. The van der Waals surface area contributed by atoms with Gasteiger partial charge in [-0.2, -0.15) is 5.10 Å². The Morgan fingerprint density at radius 1 is 1.24 bits per heavy atom. The molecule has 0 radical (unpaired) electrons. The molecule has 2 heterocycles. The van der Waals surface area contributed by atoms with Gasteiger partial charge in [0, 0.05) is 33.1 Å².